The van der Waals surface area contributed by atoms with Gasteiger partial charge in [0.2, 0.25) is 0 Å². The second kappa shape index (κ2) is 6.06. The number of nitrogens with zero attached hydrogens (tertiary/aromatic N) is 1. The van der Waals surface area contributed by atoms with Gasteiger partial charge in [-0.25, -0.2) is 0 Å². The summed E-state index contributed by atoms with van der Waals surface area (Å²) >= 11 is 6.14. The number of halogens is 1. The molecule has 2 aromatic carbocycles. The number of hydrogen-bond acceptors (Lipinski definition) is 3. The zero-order chi connectivity index (χ0) is 16.5. The smallest absolute Gasteiger partial charge is 0.199 e. The Morgan fingerprint density at radius 1 is 0.958 bits per heavy atom. The first-order chi connectivity index (χ1) is 11.7. The fourth-order valence-electron chi connectivity index (χ4n) is 2.81. The van der Waals surface area contributed by atoms with Crippen LogP contribution in [0.4, 0.5) is 0 Å². The summed E-state index contributed by atoms with van der Waals surface area (Å²) in [5, 5.41) is 0.510. The van der Waals surface area contributed by atoms with Crippen LogP contribution in [0.25, 0.3) is 5.69 Å². The van der Waals surface area contributed by atoms with Crippen molar-refractivity contribution in [3.05, 3.63) is 77.1 Å². The Morgan fingerprint density at radius 3 is 2.58 bits per heavy atom. The van der Waals surface area contributed by atoms with Crippen LogP contribution >= 0.6 is 11.6 Å². The fourth-order valence-corrected chi connectivity index (χ4v) is 2.98. The summed E-state index contributed by atoms with van der Waals surface area (Å²) in [6.45, 7) is 0.910. The first-order valence-electron chi connectivity index (χ1n) is 7.60. The van der Waals surface area contributed by atoms with Gasteiger partial charge in [-0.05, 0) is 42.5 Å². The lowest BCUT2D eigenvalue weighted by molar-refractivity contribution is 0.102. The van der Waals surface area contributed by atoms with Gasteiger partial charge in [0, 0.05) is 23.0 Å². The highest BCUT2D eigenvalue weighted by Gasteiger charge is 2.23. The molecule has 0 radical (unpaired) electrons. The van der Waals surface area contributed by atoms with Gasteiger partial charge in [0.1, 0.15) is 13.2 Å². The third kappa shape index (κ3) is 2.55. The molecule has 0 spiro atoms. The largest absolute Gasteiger partial charge is 0.486 e. The van der Waals surface area contributed by atoms with Gasteiger partial charge in [-0.1, -0.05) is 17.7 Å². The molecule has 3 aromatic rings. The summed E-state index contributed by atoms with van der Waals surface area (Å²) in [4.78, 5) is 13.2. The third-order valence-corrected chi connectivity index (χ3v) is 4.13. The molecule has 1 aliphatic heterocycles. The van der Waals surface area contributed by atoms with E-state index in [1.54, 1.807) is 30.3 Å². The van der Waals surface area contributed by atoms with Crippen molar-refractivity contribution in [2.24, 2.45) is 0 Å². The highest BCUT2D eigenvalue weighted by molar-refractivity contribution is 6.31. The number of carbonyl (C=O) groups is 1. The molecule has 0 atom stereocenters. The Kier molecular flexibility index (Phi) is 3.75. The maximum Gasteiger partial charge on any atom is 0.199 e. The SMILES string of the molecule is O=C(c1cc(Cl)ccc1-n1cccc1)c1cccc2c1OCCO2. The fraction of sp³-hybridized carbons (Fsp3) is 0.105. The van der Waals surface area contributed by atoms with Crippen molar-refractivity contribution in [1.29, 1.82) is 0 Å². The van der Waals surface area contributed by atoms with Crippen molar-refractivity contribution in [2.75, 3.05) is 13.2 Å². The molecule has 4 nitrogen and oxygen atoms in total. The summed E-state index contributed by atoms with van der Waals surface area (Å²) < 4.78 is 13.1. The summed E-state index contributed by atoms with van der Waals surface area (Å²) in [6.07, 6.45) is 3.78. The van der Waals surface area contributed by atoms with Crippen molar-refractivity contribution in [1.82, 2.24) is 4.57 Å². The number of ketones is 1. The molecule has 5 heteroatoms. The van der Waals surface area contributed by atoms with E-state index in [1.165, 1.54) is 0 Å². The van der Waals surface area contributed by atoms with E-state index in [0.29, 0.717) is 40.9 Å². The predicted molar refractivity (Wildman–Crippen MR) is 91.6 cm³/mol. The van der Waals surface area contributed by atoms with E-state index >= 15 is 0 Å². The second-order valence-corrected chi connectivity index (χ2v) is 5.85. The molecule has 2 heterocycles. The van der Waals surface area contributed by atoms with E-state index in [1.807, 2.05) is 35.2 Å². The molecule has 0 N–H and O–H groups in total. The average Bonchev–Trinajstić information content (AvgIpc) is 3.15. The number of para-hydroxylation sites is 1. The van der Waals surface area contributed by atoms with Crippen molar-refractivity contribution in [2.45, 2.75) is 0 Å². The standard InChI is InChI=1S/C19H14ClNO3/c20-13-6-7-16(21-8-1-2-9-21)15(12-13)18(22)14-4-3-5-17-19(14)24-11-10-23-17/h1-9,12H,10-11H2. The zero-order valence-corrected chi connectivity index (χ0v) is 13.5. The minimum Gasteiger partial charge on any atom is -0.486 e. The Morgan fingerprint density at radius 2 is 1.75 bits per heavy atom. The van der Waals surface area contributed by atoms with E-state index in [0.717, 1.165) is 5.69 Å². The summed E-state index contributed by atoms with van der Waals surface area (Å²) in [7, 11) is 0. The van der Waals surface area contributed by atoms with Gasteiger partial charge in [0.05, 0.1) is 11.3 Å². The lowest BCUT2D eigenvalue weighted by atomic mass is 10.00. The van der Waals surface area contributed by atoms with Crippen LogP contribution in [0, 0.1) is 0 Å². The lowest BCUT2D eigenvalue weighted by Crippen LogP contribution is -2.18. The second-order valence-electron chi connectivity index (χ2n) is 5.41. The number of rotatable bonds is 3. The number of hydrogen-bond donors (Lipinski definition) is 0. The molecule has 0 unspecified atom stereocenters. The van der Waals surface area contributed by atoms with Crippen LogP contribution in [-0.2, 0) is 0 Å². The molecular formula is C19H14ClNO3. The van der Waals surface area contributed by atoms with Crippen molar-refractivity contribution in [3.63, 3.8) is 0 Å². The average molecular weight is 340 g/mol. The quantitative estimate of drug-likeness (QED) is 0.673. The van der Waals surface area contributed by atoms with E-state index in [-0.39, 0.29) is 5.78 Å². The molecular weight excluding hydrogens is 326 g/mol. The van der Waals surface area contributed by atoms with Gasteiger partial charge in [-0.2, -0.15) is 0 Å². The van der Waals surface area contributed by atoms with Crippen LogP contribution < -0.4 is 9.47 Å². The van der Waals surface area contributed by atoms with Crippen molar-refractivity contribution < 1.29 is 14.3 Å². The third-order valence-electron chi connectivity index (χ3n) is 3.90. The number of benzene rings is 2. The monoisotopic (exact) mass is 339 g/mol. The Labute approximate surface area is 144 Å². The molecule has 24 heavy (non-hydrogen) atoms. The molecule has 0 aliphatic carbocycles. The molecule has 0 saturated heterocycles. The van der Waals surface area contributed by atoms with Gasteiger partial charge >= 0.3 is 0 Å². The maximum atomic E-state index is 13.2. The Bertz CT molecular complexity index is 903. The van der Waals surface area contributed by atoms with Crippen LogP contribution in [-0.4, -0.2) is 23.6 Å². The number of ether oxygens (including phenoxy) is 2. The molecule has 1 aliphatic rings. The highest BCUT2D eigenvalue weighted by Crippen LogP contribution is 2.36. The van der Waals surface area contributed by atoms with Crippen molar-refractivity contribution >= 4 is 17.4 Å². The van der Waals surface area contributed by atoms with Crippen LogP contribution in [0.3, 0.4) is 0 Å². The van der Waals surface area contributed by atoms with Gasteiger partial charge < -0.3 is 14.0 Å². The van der Waals surface area contributed by atoms with Crippen LogP contribution in [0.1, 0.15) is 15.9 Å². The van der Waals surface area contributed by atoms with Crippen LogP contribution in [0.15, 0.2) is 60.9 Å². The predicted octanol–water partition coefficient (Wildman–Crippen LogP) is 4.13. The number of fused-ring (bicyclic) bond motifs is 1. The summed E-state index contributed by atoms with van der Waals surface area (Å²) in [6, 6.07) is 14.4. The minimum atomic E-state index is -0.149. The lowest BCUT2D eigenvalue weighted by Gasteiger charge is -2.21. The topological polar surface area (TPSA) is 40.5 Å². The van der Waals surface area contributed by atoms with E-state index in [2.05, 4.69) is 0 Å². The summed E-state index contributed by atoms with van der Waals surface area (Å²) in [5.41, 5.74) is 1.76. The first-order valence-corrected chi connectivity index (χ1v) is 7.98. The normalized spacial score (nSPS) is 12.9. The summed E-state index contributed by atoms with van der Waals surface area (Å²) in [5.74, 6) is 0.937. The molecule has 1 aromatic heterocycles. The molecule has 120 valence electrons. The van der Waals surface area contributed by atoms with E-state index in [4.69, 9.17) is 21.1 Å². The maximum absolute atomic E-state index is 13.2. The van der Waals surface area contributed by atoms with Gasteiger partial charge in [-0.15, -0.1) is 0 Å². The number of aromatic nitrogens is 1. The van der Waals surface area contributed by atoms with E-state index < -0.39 is 0 Å². The van der Waals surface area contributed by atoms with Crippen LogP contribution in [0.5, 0.6) is 11.5 Å². The van der Waals surface area contributed by atoms with Gasteiger partial charge in [0.15, 0.2) is 17.3 Å². The molecule has 0 amide bonds. The molecule has 0 saturated carbocycles. The van der Waals surface area contributed by atoms with E-state index in [9.17, 15) is 4.79 Å². The zero-order valence-electron chi connectivity index (χ0n) is 12.7. The molecule has 4 rings (SSSR count). The van der Waals surface area contributed by atoms with Crippen molar-refractivity contribution in [3.8, 4) is 17.2 Å². The van der Waals surface area contributed by atoms with Gasteiger partial charge in [0.25, 0.3) is 0 Å². The van der Waals surface area contributed by atoms with Crippen LogP contribution in [0.2, 0.25) is 5.02 Å². The molecule has 0 fully saturated rings. The Hall–Kier alpha value is -2.72. The first kappa shape index (κ1) is 14.8. The number of carbonyl (C=O) groups excluding carboxylic acids is 1. The Balaban J connectivity index is 1.85. The van der Waals surface area contributed by atoms with Gasteiger partial charge in [-0.3, -0.25) is 4.79 Å². The molecule has 0 bridgehead atoms. The minimum absolute atomic E-state index is 0.149. The highest BCUT2D eigenvalue weighted by atomic mass is 35.5.